The van der Waals surface area contributed by atoms with Crippen molar-refractivity contribution in [1.29, 1.82) is 0 Å². The summed E-state index contributed by atoms with van der Waals surface area (Å²) in [6, 6.07) is 14.7. The molecule has 2 N–H and O–H groups in total. The largest absolute Gasteiger partial charge is 0.399 e. The van der Waals surface area contributed by atoms with Crippen LogP contribution < -0.4 is 5.73 Å². The van der Waals surface area contributed by atoms with Gasteiger partial charge in [0, 0.05) is 22.5 Å². The molecule has 23 heavy (non-hydrogen) atoms. The number of nitrogen functional groups attached to an aromatic ring is 1. The summed E-state index contributed by atoms with van der Waals surface area (Å²) in [4.78, 5) is 6.31. The number of nitrogens with zero attached hydrogens (tertiary/aromatic N) is 1. The Morgan fingerprint density at radius 1 is 1.04 bits per heavy atom. The summed E-state index contributed by atoms with van der Waals surface area (Å²) in [6.45, 7) is 6.50. The molecular weight excluding hydrogens is 300 g/mol. The summed E-state index contributed by atoms with van der Waals surface area (Å²) in [6.07, 6.45) is 1.88. The molecule has 0 radical (unpaired) electrons. The molecule has 1 heterocycles. The van der Waals surface area contributed by atoms with E-state index in [2.05, 4.69) is 51.1 Å². The zero-order valence-electron chi connectivity index (χ0n) is 13.9. The Hall–Kier alpha value is -2.13. The van der Waals surface area contributed by atoms with Crippen molar-refractivity contribution in [1.82, 2.24) is 4.98 Å². The molecule has 3 rings (SSSR count). The maximum atomic E-state index is 5.76. The lowest BCUT2D eigenvalue weighted by Crippen LogP contribution is -1.91. The van der Waals surface area contributed by atoms with Crippen molar-refractivity contribution in [3.63, 3.8) is 0 Å². The summed E-state index contributed by atoms with van der Waals surface area (Å²) < 4.78 is 0. The van der Waals surface area contributed by atoms with Gasteiger partial charge in [0.2, 0.25) is 0 Å². The van der Waals surface area contributed by atoms with Gasteiger partial charge < -0.3 is 5.73 Å². The van der Waals surface area contributed by atoms with E-state index in [9.17, 15) is 0 Å². The molecule has 0 fully saturated rings. The highest BCUT2D eigenvalue weighted by molar-refractivity contribution is 7.12. The molecule has 0 bridgehead atoms. The molecule has 2 nitrogen and oxygen atoms in total. The smallest absolute Gasteiger partial charge is 0.0979 e. The summed E-state index contributed by atoms with van der Waals surface area (Å²) >= 11 is 1.82. The average Bonchev–Trinajstić information content (AvgIpc) is 2.92. The van der Waals surface area contributed by atoms with Gasteiger partial charge in [-0.05, 0) is 43.5 Å². The fourth-order valence-corrected chi connectivity index (χ4v) is 3.87. The summed E-state index contributed by atoms with van der Waals surface area (Å²) in [5, 5.41) is 1.17. The van der Waals surface area contributed by atoms with E-state index in [4.69, 9.17) is 10.7 Å². The van der Waals surface area contributed by atoms with Crippen LogP contribution in [-0.2, 0) is 12.8 Å². The Balaban J connectivity index is 1.95. The number of aryl methyl sites for hydroxylation is 3. The van der Waals surface area contributed by atoms with Gasteiger partial charge in [-0.15, -0.1) is 11.3 Å². The molecule has 118 valence electrons. The van der Waals surface area contributed by atoms with Crippen LogP contribution in [0.3, 0.4) is 0 Å². The number of anilines is 1. The van der Waals surface area contributed by atoms with Crippen LogP contribution in [0, 0.1) is 13.8 Å². The fraction of sp³-hybridized carbons (Fsp3) is 0.250. The van der Waals surface area contributed by atoms with Crippen molar-refractivity contribution in [2.24, 2.45) is 0 Å². The van der Waals surface area contributed by atoms with E-state index < -0.39 is 0 Å². The molecular formula is C20H22N2S. The third-order valence-electron chi connectivity index (χ3n) is 4.03. The second kappa shape index (κ2) is 6.55. The minimum absolute atomic E-state index is 0.804. The van der Waals surface area contributed by atoms with E-state index in [0.717, 1.165) is 24.2 Å². The number of hydrogen-bond donors (Lipinski definition) is 1. The van der Waals surface area contributed by atoms with Crippen molar-refractivity contribution < 1.29 is 0 Å². The van der Waals surface area contributed by atoms with Gasteiger partial charge >= 0.3 is 0 Å². The highest BCUT2D eigenvalue weighted by Gasteiger charge is 2.14. The molecule has 3 heteroatoms. The predicted octanol–water partition coefficient (Wildman–Crippen LogP) is 5.16. The first-order valence-corrected chi connectivity index (χ1v) is 8.79. The van der Waals surface area contributed by atoms with Crippen molar-refractivity contribution in [3.8, 4) is 11.3 Å². The van der Waals surface area contributed by atoms with Gasteiger partial charge in [0.25, 0.3) is 0 Å². The fourth-order valence-electron chi connectivity index (χ4n) is 2.82. The second-order valence-corrected chi connectivity index (χ2v) is 7.14. The number of rotatable bonds is 4. The minimum Gasteiger partial charge on any atom is -0.399 e. The summed E-state index contributed by atoms with van der Waals surface area (Å²) in [7, 11) is 0. The van der Waals surface area contributed by atoms with Crippen LogP contribution in [-0.4, -0.2) is 4.98 Å². The van der Waals surface area contributed by atoms with Crippen molar-refractivity contribution in [3.05, 3.63) is 69.0 Å². The normalized spacial score (nSPS) is 10.9. The lowest BCUT2D eigenvalue weighted by Gasteiger charge is -2.06. The van der Waals surface area contributed by atoms with Crippen molar-refractivity contribution in [2.75, 3.05) is 5.73 Å². The Labute approximate surface area is 142 Å². The van der Waals surface area contributed by atoms with Crippen LogP contribution in [0.1, 0.15) is 33.5 Å². The molecule has 1 aromatic heterocycles. The maximum Gasteiger partial charge on any atom is 0.0979 e. The Bertz CT molecular complexity index is 816. The van der Waals surface area contributed by atoms with Gasteiger partial charge in [0.05, 0.1) is 10.7 Å². The van der Waals surface area contributed by atoms with Gasteiger partial charge in [-0.3, -0.25) is 0 Å². The lowest BCUT2D eigenvalue weighted by atomic mass is 10.0. The molecule has 0 saturated carbocycles. The Morgan fingerprint density at radius 3 is 2.43 bits per heavy atom. The minimum atomic E-state index is 0.804. The lowest BCUT2D eigenvalue weighted by molar-refractivity contribution is 1.12. The SMILES string of the molecule is CCc1sc(Cc2ccc(N)cc2)nc1-c1ccc(C)cc1C. The third-order valence-corrected chi connectivity index (χ3v) is 5.23. The highest BCUT2D eigenvalue weighted by Crippen LogP contribution is 2.32. The first kappa shape index (κ1) is 15.8. The maximum absolute atomic E-state index is 5.76. The van der Waals surface area contributed by atoms with E-state index in [-0.39, 0.29) is 0 Å². The highest BCUT2D eigenvalue weighted by atomic mass is 32.1. The van der Waals surface area contributed by atoms with E-state index in [1.807, 2.05) is 23.5 Å². The number of nitrogens with two attached hydrogens (primary N) is 1. The van der Waals surface area contributed by atoms with Gasteiger partial charge in [-0.25, -0.2) is 4.98 Å². The molecule has 0 aliphatic rings. The number of hydrogen-bond acceptors (Lipinski definition) is 3. The van der Waals surface area contributed by atoms with Gasteiger partial charge in [-0.1, -0.05) is 42.8 Å². The van der Waals surface area contributed by atoms with Crippen LogP contribution in [0.15, 0.2) is 42.5 Å². The molecule has 0 atom stereocenters. The van der Waals surface area contributed by atoms with Crippen LogP contribution in [0.4, 0.5) is 5.69 Å². The van der Waals surface area contributed by atoms with E-state index in [1.54, 1.807) is 0 Å². The standard InChI is InChI=1S/C20H22N2S/c1-4-18-20(17-10-5-13(2)11-14(17)3)22-19(23-18)12-15-6-8-16(21)9-7-15/h5-11H,4,12,21H2,1-3H3. The van der Waals surface area contributed by atoms with Gasteiger partial charge in [0.15, 0.2) is 0 Å². The number of thiazole rings is 1. The van der Waals surface area contributed by atoms with E-state index >= 15 is 0 Å². The predicted molar refractivity (Wildman–Crippen MR) is 100 cm³/mol. The zero-order valence-corrected chi connectivity index (χ0v) is 14.7. The molecule has 2 aromatic carbocycles. The molecule has 0 saturated heterocycles. The number of benzene rings is 2. The molecule has 3 aromatic rings. The third kappa shape index (κ3) is 3.45. The van der Waals surface area contributed by atoms with Gasteiger partial charge in [-0.2, -0.15) is 0 Å². The summed E-state index contributed by atoms with van der Waals surface area (Å²) in [5.74, 6) is 0. The zero-order chi connectivity index (χ0) is 16.4. The Morgan fingerprint density at radius 2 is 1.78 bits per heavy atom. The van der Waals surface area contributed by atoms with Crippen LogP contribution in [0.2, 0.25) is 0 Å². The van der Waals surface area contributed by atoms with Crippen LogP contribution >= 0.6 is 11.3 Å². The average molecular weight is 322 g/mol. The summed E-state index contributed by atoms with van der Waals surface area (Å²) in [5.41, 5.74) is 12.8. The second-order valence-electron chi connectivity index (χ2n) is 5.97. The topological polar surface area (TPSA) is 38.9 Å². The molecule has 0 spiro atoms. The van der Waals surface area contributed by atoms with E-state index in [0.29, 0.717) is 0 Å². The quantitative estimate of drug-likeness (QED) is 0.674. The van der Waals surface area contributed by atoms with Crippen molar-refractivity contribution >= 4 is 17.0 Å². The van der Waals surface area contributed by atoms with Crippen LogP contribution in [0.25, 0.3) is 11.3 Å². The molecule has 0 aliphatic carbocycles. The van der Waals surface area contributed by atoms with E-state index in [1.165, 1.54) is 32.1 Å². The monoisotopic (exact) mass is 322 g/mol. The molecule has 0 unspecified atom stereocenters. The van der Waals surface area contributed by atoms with Gasteiger partial charge in [0.1, 0.15) is 0 Å². The molecule has 0 amide bonds. The number of aromatic nitrogens is 1. The van der Waals surface area contributed by atoms with Crippen LogP contribution in [0.5, 0.6) is 0 Å². The van der Waals surface area contributed by atoms with Crippen molar-refractivity contribution in [2.45, 2.75) is 33.6 Å². The first-order chi connectivity index (χ1) is 11.1. The molecule has 0 aliphatic heterocycles. The first-order valence-electron chi connectivity index (χ1n) is 7.97. The Kier molecular flexibility index (Phi) is 4.49.